The molecule has 1 radical (unpaired) electrons. The summed E-state index contributed by atoms with van der Waals surface area (Å²) >= 11 is 1.81. The molecule has 0 saturated heterocycles. The minimum absolute atomic E-state index is 0. The summed E-state index contributed by atoms with van der Waals surface area (Å²) in [6, 6.07) is 0. The predicted octanol–water partition coefficient (Wildman–Crippen LogP) is -0.963. The molecule has 0 fully saturated rings. The van der Waals surface area contributed by atoms with Crippen molar-refractivity contribution in [3.63, 3.8) is 0 Å². The third kappa shape index (κ3) is 5.89. The van der Waals surface area contributed by atoms with Gasteiger partial charge in [0.05, 0.1) is 0 Å². The molecule has 5 heteroatoms. The number of thioether (sulfide) groups is 1. The molecule has 0 N–H and O–H groups in total. The predicted molar refractivity (Wildman–Crippen MR) is 83.8 cm³/mol. The molecule has 1 nitrogen and oxygen atoms in total. The average Bonchev–Trinajstić information content (AvgIpc) is 2.81. The van der Waals surface area contributed by atoms with E-state index in [1.165, 1.54) is 10.5 Å². The number of rotatable bonds is 4. The maximum Gasteiger partial charge on any atom is 3.00 e. The standard InChI is InChI=1S/C17H23OS.2ClH.Ti/c1-5-18-17(19-14-10-6-7-11-14)13-9-8-12-15(17)16(2,3)4;;;/h6,8-10,12H,5,7,13H2,1-4H3;2*1H;/q-1;;;+3/p-2. The maximum absolute atomic E-state index is 6.22. The number of halogens is 2. The van der Waals surface area contributed by atoms with Crippen LogP contribution in [0.25, 0.3) is 0 Å². The molecule has 0 bridgehead atoms. The summed E-state index contributed by atoms with van der Waals surface area (Å²) in [5.41, 5.74) is 1.47. The van der Waals surface area contributed by atoms with E-state index in [9.17, 15) is 0 Å². The van der Waals surface area contributed by atoms with E-state index in [0.717, 1.165) is 19.4 Å². The first-order valence-electron chi connectivity index (χ1n) is 6.96. The van der Waals surface area contributed by atoms with Gasteiger partial charge in [-0.2, -0.15) is 11.0 Å². The molecule has 121 valence electrons. The van der Waals surface area contributed by atoms with Crippen molar-refractivity contribution in [1.82, 2.24) is 0 Å². The van der Waals surface area contributed by atoms with Crippen molar-refractivity contribution in [2.45, 2.75) is 45.5 Å². The third-order valence-corrected chi connectivity index (χ3v) is 4.65. The topological polar surface area (TPSA) is 9.23 Å². The Labute approximate surface area is 166 Å². The van der Waals surface area contributed by atoms with Crippen LogP contribution < -0.4 is 24.8 Å². The minimum Gasteiger partial charge on any atom is -1.00 e. The van der Waals surface area contributed by atoms with Crippen molar-refractivity contribution in [3.8, 4) is 0 Å². The SMILES string of the molecule is CCOC1(SC2=[C-]CC=C2)CC=CC=C1C(C)(C)C.[Cl-].[Cl-].[Ti+3]. The Morgan fingerprint density at radius 2 is 1.95 bits per heavy atom. The first-order chi connectivity index (χ1) is 8.98. The van der Waals surface area contributed by atoms with Crippen molar-refractivity contribution in [1.29, 1.82) is 0 Å². The largest absolute Gasteiger partial charge is 3.00 e. The van der Waals surface area contributed by atoms with E-state index in [-0.39, 0.29) is 56.9 Å². The fourth-order valence-electron chi connectivity index (χ4n) is 2.57. The van der Waals surface area contributed by atoms with Crippen LogP contribution in [0.5, 0.6) is 0 Å². The smallest absolute Gasteiger partial charge is 1.00 e. The van der Waals surface area contributed by atoms with Crippen LogP contribution in [0.3, 0.4) is 0 Å². The van der Waals surface area contributed by atoms with Crippen molar-refractivity contribution >= 4 is 11.8 Å². The van der Waals surface area contributed by atoms with E-state index in [1.807, 2.05) is 11.8 Å². The van der Waals surface area contributed by atoms with E-state index in [2.05, 4.69) is 64.2 Å². The number of allylic oxidation sites excluding steroid dienone is 5. The van der Waals surface area contributed by atoms with Crippen LogP contribution in [-0.4, -0.2) is 11.5 Å². The van der Waals surface area contributed by atoms with Gasteiger partial charge in [0.2, 0.25) is 0 Å². The minimum atomic E-state index is -0.265. The van der Waals surface area contributed by atoms with Crippen LogP contribution >= 0.6 is 11.8 Å². The van der Waals surface area contributed by atoms with Gasteiger partial charge >= 0.3 is 21.7 Å². The second-order valence-corrected chi connectivity index (χ2v) is 7.20. The molecule has 0 aromatic rings. The average molecular weight is 394 g/mol. The van der Waals surface area contributed by atoms with Gasteiger partial charge in [-0.3, -0.25) is 6.08 Å². The van der Waals surface area contributed by atoms with E-state index in [0.29, 0.717) is 0 Å². The van der Waals surface area contributed by atoms with Crippen molar-refractivity contribution < 1.29 is 51.3 Å². The van der Waals surface area contributed by atoms with Gasteiger partial charge in [-0.1, -0.05) is 39.0 Å². The van der Waals surface area contributed by atoms with Gasteiger partial charge in [0.1, 0.15) is 4.93 Å². The van der Waals surface area contributed by atoms with Gasteiger partial charge in [0, 0.05) is 13.0 Å². The Balaban J connectivity index is 0. The Bertz CT molecular complexity index is 464. The molecule has 0 aromatic heterocycles. The van der Waals surface area contributed by atoms with Gasteiger partial charge < -0.3 is 29.6 Å². The first-order valence-corrected chi connectivity index (χ1v) is 7.78. The van der Waals surface area contributed by atoms with Gasteiger partial charge in [-0.05, 0) is 17.9 Å². The first kappa shape index (κ1) is 24.8. The van der Waals surface area contributed by atoms with Crippen LogP contribution in [0.2, 0.25) is 0 Å². The molecule has 2 rings (SSSR count). The van der Waals surface area contributed by atoms with E-state index >= 15 is 0 Å². The zero-order chi connectivity index (χ0) is 13.9. The van der Waals surface area contributed by atoms with E-state index in [1.54, 1.807) is 0 Å². The monoisotopic (exact) mass is 393 g/mol. The zero-order valence-corrected chi connectivity index (χ0v) is 17.5. The number of hydrogen-bond donors (Lipinski definition) is 0. The summed E-state index contributed by atoms with van der Waals surface area (Å²) in [7, 11) is 0. The summed E-state index contributed by atoms with van der Waals surface area (Å²) in [6.07, 6.45) is 16.1. The van der Waals surface area contributed by atoms with Gasteiger partial charge in [0.15, 0.2) is 0 Å². The Hall–Kier alpha value is 0.564. The quantitative estimate of drug-likeness (QED) is 0.345. The van der Waals surface area contributed by atoms with Crippen LogP contribution in [-0.2, 0) is 26.5 Å². The molecule has 22 heavy (non-hydrogen) atoms. The van der Waals surface area contributed by atoms with E-state index in [4.69, 9.17) is 4.74 Å². The van der Waals surface area contributed by atoms with Gasteiger partial charge in [-0.25, -0.2) is 6.08 Å². The summed E-state index contributed by atoms with van der Waals surface area (Å²) < 4.78 is 6.22. The van der Waals surface area contributed by atoms with Gasteiger partial charge in [-0.15, -0.1) is 18.2 Å². The molecule has 0 aliphatic heterocycles. The van der Waals surface area contributed by atoms with Crippen LogP contribution in [0.4, 0.5) is 0 Å². The summed E-state index contributed by atoms with van der Waals surface area (Å²) in [6.45, 7) is 9.58. The molecule has 0 aromatic carbocycles. The molecule has 2 aliphatic carbocycles. The molecule has 0 heterocycles. The molecule has 1 atom stereocenters. The zero-order valence-electron chi connectivity index (χ0n) is 13.6. The Kier molecular flexibility index (Phi) is 11.8. The van der Waals surface area contributed by atoms with Crippen molar-refractivity contribution in [3.05, 3.63) is 46.9 Å². The molecule has 0 amide bonds. The fraction of sp³-hybridized carbons (Fsp3) is 0.529. The third-order valence-electron chi connectivity index (χ3n) is 3.32. The fourth-order valence-corrected chi connectivity index (χ4v) is 4.09. The molecule has 0 saturated carbocycles. The second-order valence-electron chi connectivity index (χ2n) is 5.90. The summed E-state index contributed by atoms with van der Waals surface area (Å²) in [4.78, 5) is 0.942. The van der Waals surface area contributed by atoms with Crippen LogP contribution in [0.15, 0.2) is 40.9 Å². The molecular formula is C17H23Cl2OSTi. The second kappa shape index (κ2) is 10.4. The normalized spacial score (nSPS) is 22.9. The molecule has 0 spiro atoms. The Morgan fingerprint density at radius 3 is 2.45 bits per heavy atom. The van der Waals surface area contributed by atoms with Gasteiger partial charge in [0.25, 0.3) is 0 Å². The Morgan fingerprint density at radius 1 is 1.27 bits per heavy atom. The van der Waals surface area contributed by atoms with Crippen LogP contribution in [0, 0.1) is 11.5 Å². The molecular weight excluding hydrogens is 371 g/mol. The van der Waals surface area contributed by atoms with E-state index < -0.39 is 0 Å². The number of hydrogen-bond acceptors (Lipinski definition) is 2. The maximum atomic E-state index is 6.22. The van der Waals surface area contributed by atoms with Crippen molar-refractivity contribution in [2.75, 3.05) is 6.61 Å². The molecule has 2 aliphatic rings. The van der Waals surface area contributed by atoms with Crippen molar-refractivity contribution in [2.24, 2.45) is 5.41 Å². The number of ether oxygens (including phenoxy) is 1. The van der Waals surface area contributed by atoms with Crippen LogP contribution in [0.1, 0.15) is 40.5 Å². The summed E-state index contributed by atoms with van der Waals surface area (Å²) in [5.74, 6) is 0. The molecule has 1 unspecified atom stereocenters. The summed E-state index contributed by atoms with van der Waals surface area (Å²) in [5, 5.41) is 0.